The van der Waals surface area contributed by atoms with Gasteiger partial charge in [-0.25, -0.2) is 0 Å². The number of ether oxygens (including phenoxy) is 3. The zero-order valence-electron chi connectivity index (χ0n) is 18.6. The third kappa shape index (κ3) is 4.73. The SMILES string of the molecule is C[C@@H](Cc1ccc2c(c1)OCO2)CN1CCc2nnc(CNC(=O)[C@H]3CCOC3)n2CC1. The van der Waals surface area contributed by atoms with Crippen LogP contribution in [0.15, 0.2) is 18.2 Å². The Hall–Kier alpha value is -2.65. The van der Waals surface area contributed by atoms with E-state index in [2.05, 4.69) is 44.0 Å². The van der Waals surface area contributed by atoms with Gasteiger partial charge in [0.2, 0.25) is 12.7 Å². The number of nitrogens with zero attached hydrogens (tertiary/aromatic N) is 4. The van der Waals surface area contributed by atoms with Crippen molar-refractivity contribution < 1.29 is 19.0 Å². The lowest BCUT2D eigenvalue weighted by Crippen LogP contribution is -2.33. The van der Waals surface area contributed by atoms with Gasteiger partial charge >= 0.3 is 0 Å². The fraction of sp³-hybridized carbons (Fsp3) is 0.609. The first kappa shape index (κ1) is 21.2. The van der Waals surface area contributed by atoms with Gasteiger partial charge in [-0.15, -0.1) is 10.2 Å². The normalized spacial score (nSPS) is 21.2. The molecule has 1 aromatic heterocycles. The van der Waals surface area contributed by atoms with Gasteiger partial charge in [0.1, 0.15) is 5.82 Å². The van der Waals surface area contributed by atoms with Crippen molar-refractivity contribution in [2.24, 2.45) is 11.8 Å². The van der Waals surface area contributed by atoms with Gasteiger partial charge in [-0.1, -0.05) is 13.0 Å². The smallest absolute Gasteiger partial charge is 0.231 e. The van der Waals surface area contributed by atoms with Crippen molar-refractivity contribution in [3.05, 3.63) is 35.4 Å². The summed E-state index contributed by atoms with van der Waals surface area (Å²) in [6.45, 7) is 8.00. The standard InChI is InChI=1S/C23H31N5O4/c1-16(10-17-2-3-19-20(11-17)32-15-31-19)13-27-6-4-21-25-26-22(28(21)8-7-27)12-24-23(29)18-5-9-30-14-18/h2-3,11,16,18H,4-10,12-15H2,1H3,(H,24,29)/t16-,18-/m0/s1. The minimum atomic E-state index is -0.0386. The highest BCUT2D eigenvalue weighted by Gasteiger charge is 2.25. The summed E-state index contributed by atoms with van der Waals surface area (Å²) in [6.07, 6.45) is 2.67. The van der Waals surface area contributed by atoms with Crippen molar-refractivity contribution in [3.63, 3.8) is 0 Å². The van der Waals surface area contributed by atoms with Crippen LogP contribution in [0.5, 0.6) is 11.5 Å². The van der Waals surface area contributed by atoms with Gasteiger partial charge in [-0.05, 0) is 36.5 Å². The molecule has 1 fully saturated rings. The lowest BCUT2D eigenvalue weighted by molar-refractivity contribution is -0.125. The predicted molar refractivity (Wildman–Crippen MR) is 116 cm³/mol. The second kappa shape index (κ2) is 9.46. The summed E-state index contributed by atoms with van der Waals surface area (Å²) < 4.78 is 18.4. The molecule has 0 saturated carbocycles. The third-order valence-corrected chi connectivity index (χ3v) is 6.51. The summed E-state index contributed by atoms with van der Waals surface area (Å²) >= 11 is 0. The van der Waals surface area contributed by atoms with Crippen molar-refractivity contribution in [1.29, 1.82) is 0 Å². The number of carbonyl (C=O) groups excluding carboxylic acids is 1. The predicted octanol–water partition coefficient (Wildman–Crippen LogP) is 1.40. The molecule has 0 bridgehead atoms. The second-order valence-electron chi connectivity index (χ2n) is 9.01. The molecule has 0 unspecified atom stereocenters. The van der Waals surface area contributed by atoms with Gasteiger partial charge in [-0.2, -0.15) is 0 Å². The highest BCUT2D eigenvalue weighted by molar-refractivity contribution is 5.78. The summed E-state index contributed by atoms with van der Waals surface area (Å²) in [7, 11) is 0. The Bertz CT molecular complexity index is 956. The van der Waals surface area contributed by atoms with Crippen LogP contribution in [0.1, 0.15) is 30.6 Å². The average Bonchev–Trinajstić information content (AvgIpc) is 3.53. The van der Waals surface area contributed by atoms with Crippen molar-refractivity contribution in [1.82, 2.24) is 25.0 Å². The highest BCUT2D eigenvalue weighted by atomic mass is 16.7. The number of fused-ring (bicyclic) bond motifs is 2. The lowest BCUT2D eigenvalue weighted by atomic mass is 10.00. The minimum absolute atomic E-state index is 0.0386. The molecule has 2 atom stereocenters. The highest BCUT2D eigenvalue weighted by Crippen LogP contribution is 2.33. The maximum atomic E-state index is 12.3. The molecule has 0 radical (unpaired) electrons. The summed E-state index contributed by atoms with van der Waals surface area (Å²) in [5, 5.41) is 11.7. The molecule has 32 heavy (non-hydrogen) atoms. The van der Waals surface area contributed by atoms with E-state index in [0.717, 1.165) is 68.6 Å². The zero-order chi connectivity index (χ0) is 21.9. The molecule has 1 amide bonds. The van der Waals surface area contributed by atoms with Crippen molar-refractivity contribution >= 4 is 5.91 Å². The molecular weight excluding hydrogens is 410 g/mol. The molecule has 1 saturated heterocycles. The molecule has 9 nitrogen and oxygen atoms in total. The van der Waals surface area contributed by atoms with E-state index in [1.165, 1.54) is 5.56 Å². The average molecular weight is 442 g/mol. The molecule has 1 N–H and O–H groups in total. The Morgan fingerprint density at radius 1 is 1.22 bits per heavy atom. The Labute approximate surface area is 188 Å². The lowest BCUT2D eigenvalue weighted by Gasteiger charge is -2.24. The van der Waals surface area contributed by atoms with E-state index < -0.39 is 0 Å². The van der Waals surface area contributed by atoms with Crippen LogP contribution in [0.25, 0.3) is 0 Å². The van der Waals surface area contributed by atoms with Crippen LogP contribution in [-0.2, 0) is 35.5 Å². The number of amides is 1. The Morgan fingerprint density at radius 2 is 2.12 bits per heavy atom. The number of hydrogen-bond donors (Lipinski definition) is 1. The Kier molecular flexibility index (Phi) is 6.27. The monoisotopic (exact) mass is 441 g/mol. The van der Waals surface area contributed by atoms with E-state index >= 15 is 0 Å². The van der Waals surface area contributed by atoms with Crippen molar-refractivity contribution in [2.45, 2.75) is 39.3 Å². The van der Waals surface area contributed by atoms with Crippen molar-refractivity contribution in [3.8, 4) is 11.5 Å². The Morgan fingerprint density at radius 3 is 3.00 bits per heavy atom. The van der Waals surface area contributed by atoms with E-state index in [-0.39, 0.29) is 11.8 Å². The van der Waals surface area contributed by atoms with Crippen LogP contribution in [0.2, 0.25) is 0 Å². The quantitative estimate of drug-likeness (QED) is 0.694. The van der Waals surface area contributed by atoms with Gasteiger partial charge in [0, 0.05) is 39.2 Å². The minimum Gasteiger partial charge on any atom is -0.454 e. The van der Waals surface area contributed by atoms with Gasteiger partial charge in [0.05, 0.1) is 19.1 Å². The summed E-state index contributed by atoms with van der Waals surface area (Å²) in [6, 6.07) is 6.23. The van der Waals surface area contributed by atoms with Gasteiger partial charge in [-0.3, -0.25) is 4.79 Å². The largest absolute Gasteiger partial charge is 0.454 e. The van der Waals surface area contributed by atoms with Gasteiger partial charge in [0.25, 0.3) is 0 Å². The number of carbonyl (C=O) groups is 1. The zero-order valence-corrected chi connectivity index (χ0v) is 18.6. The molecule has 5 rings (SSSR count). The molecule has 0 aliphatic carbocycles. The first-order chi connectivity index (χ1) is 15.7. The van der Waals surface area contributed by atoms with E-state index in [0.29, 0.717) is 32.5 Å². The topological polar surface area (TPSA) is 90.7 Å². The summed E-state index contributed by atoms with van der Waals surface area (Å²) in [5.74, 6) is 4.05. The fourth-order valence-electron chi connectivity index (χ4n) is 4.77. The molecule has 0 spiro atoms. The third-order valence-electron chi connectivity index (χ3n) is 6.51. The molecule has 1 aromatic carbocycles. The molecule has 3 aliphatic rings. The summed E-state index contributed by atoms with van der Waals surface area (Å²) in [5.41, 5.74) is 1.28. The number of benzene rings is 1. The maximum Gasteiger partial charge on any atom is 0.231 e. The first-order valence-corrected chi connectivity index (χ1v) is 11.5. The molecule has 4 heterocycles. The van der Waals surface area contributed by atoms with E-state index in [1.54, 1.807) is 0 Å². The first-order valence-electron chi connectivity index (χ1n) is 11.5. The molecule has 9 heteroatoms. The number of hydrogen-bond acceptors (Lipinski definition) is 7. The second-order valence-corrected chi connectivity index (χ2v) is 9.01. The number of aromatic nitrogens is 3. The summed E-state index contributed by atoms with van der Waals surface area (Å²) in [4.78, 5) is 14.8. The van der Waals surface area contributed by atoms with Crippen LogP contribution in [-0.4, -0.2) is 65.2 Å². The van der Waals surface area contributed by atoms with Crippen LogP contribution in [0.4, 0.5) is 0 Å². The number of rotatable bonds is 7. The van der Waals surface area contributed by atoms with E-state index in [4.69, 9.17) is 14.2 Å². The van der Waals surface area contributed by atoms with Gasteiger partial charge < -0.3 is 29.0 Å². The molecule has 2 aromatic rings. The van der Waals surface area contributed by atoms with E-state index in [1.807, 2.05) is 6.07 Å². The molecule has 172 valence electrons. The van der Waals surface area contributed by atoms with Crippen LogP contribution in [0, 0.1) is 11.8 Å². The fourth-order valence-corrected chi connectivity index (χ4v) is 4.77. The van der Waals surface area contributed by atoms with Crippen LogP contribution < -0.4 is 14.8 Å². The Balaban J connectivity index is 1.12. The molecule has 3 aliphatic heterocycles. The van der Waals surface area contributed by atoms with Crippen LogP contribution >= 0.6 is 0 Å². The van der Waals surface area contributed by atoms with Crippen LogP contribution in [0.3, 0.4) is 0 Å². The van der Waals surface area contributed by atoms with E-state index in [9.17, 15) is 4.79 Å². The number of nitrogens with one attached hydrogen (secondary N) is 1. The van der Waals surface area contributed by atoms with Crippen molar-refractivity contribution in [2.75, 3.05) is 39.6 Å². The maximum absolute atomic E-state index is 12.3. The van der Waals surface area contributed by atoms with Gasteiger partial charge in [0.15, 0.2) is 17.3 Å². The molecular formula is C23H31N5O4.